The minimum Gasteiger partial charge on any atom is -0.497 e. The van der Waals surface area contributed by atoms with Gasteiger partial charge in [-0.15, -0.1) is 0 Å². The Bertz CT molecular complexity index is 1210. The second-order valence-electron chi connectivity index (χ2n) is 10.7. The summed E-state index contributed by atoms with van der Waals surface area (Å²) >= 11 is 0. The van der Waals surface area contributed by atoms with Gasteiger partial charge in [-0.25, -0.2) is 18.1 Å². The van der Waals surface area contributed by atoms with E-state index >= 15 is 0 Å². The number of amides is 1. The highest BCUT2D eigenvalue weighted by Crippen LogP contribution is 2.39. The quantitative estimate of drug-likeness (QED) is 0.484. The summed E-state index contributed by atoms with van der Waals surface area (Å²) in [6.45, 7) is 9.76. The maximum absolute atomic E-state index is 13.2. The number of ether oxygens (including phenoxy) is 1. The van der Waals surface area contributed by atoms with E-state index in [0.717, 1.165) is 25.3 Å². The summed E-state index contributed by atoms with van der Waals surface area (Å²) in [4.78, 5) is 22.1. The summed E-state index contributed by atoms with van der Waals surface area (Å²) in [5.41, 5.74) is 1.18. The van der Waals surface area contributed by atoms with Crippen LogP contribution in [0.1, 0.15) is 33.6 Å². The van der Waals surface area contributed by atoms with Crippen molar-refractivity contribution in [3.05, 3.63) is 60.3 Å². The Morgan fingerprint density at radius 2 is 1.82 bits per heavy atom. The number of rotatable bonds is 9. The number of anilines is 1. The first-order valence-corrected chi connectivity index (χ1v) is 14.9. The summed E-state index contributed by atoms with van der Waals surface area (Å²) < 4.78 is 33.8. The lowest BCUT2D eigenvalue weighted by molar-refractivity contribution is -0.132. The molecule has 1 aliphatic carbocycles. The van der Waals surface area contributed by atoms with Gasteiger partial charge in [0.15, 0.2) is 0 Å². The second-order valence-corrected chi connectivity index (χ2v) is 12.5. The number of methoxy groups -OCH3 is 1. The summed E-state index contributed by atoms with van der Waals surface area (Å²) in [6.07, 6.45) is 5.38. The summed E-state index contributed by atoms with van der Waals surface area (Å²) in [6, 6.07) is 12.3. The van der Waals surface area contributed by atoms with Crippen LogP contribution in [0, 0.1) is 23.7 Å². The molecule has 2 aromatic rings. The number of nitrogens with one attached hydrogen (secondary N) is 1. The average molecular weight is 541 g/mol. The minimum absolute atomic E-state index is 0.0799. The van der Waals surface area contributed by atoms with Crippen molar-refractivity contribution in [2.24, 2.45) is 23.7 Å². The van der Waals surface area contributed by atoms with Gasteiger partial charge in [0.25, 0.3) is 0 Å². The molecule has 1 N–H and O–H groups in total. The molecule has 38 heavy (non-hydrogen) atoms. The van der Waals surface area contributed by atoms with E-state index in [1.807, 2.05) is 23.1 Å². The van der Waals surface area contributed by atoms with Crippen molar-refractivity contribution in [2.75, 3.05) is 44.7 Å². The molecule has 1 amide bonds. The Morgan fingerprint density at radius 3 is 2.42 bits per heavy atom. The molecule has 206 valence electrons. The molecule has 1 aromatic heterocycles. The van der Waals surface area contributed by atoms with Crippen LogP contribution in [-0.2, 0) is 14.8 Å². The Labute approximate surface area is 227 Å². The van der Waals surface area contributed by atoms with Crippen molar-refractivity contribution in [3.63, 3.8) is 0 Å². The highest BCUT2D eigenvalue weighted by molar-refractivity contribution is 7.89. The van der Waals surface area contributed by atoms with Crippen LogP contribution < -0.4 is 14.4 Å². The van der Waals surface area contributed by atoms with E-state index in [2.05, 4.69) is 41.5 Å². The molecule has 0 spiro atoms. The van der Waals surface area contributed by atoms with E-state index in [1.54, 1.807) is 37.6 Å². The number of carbonyl (C=O) groups excluding carboxylic acids is 1. The third kappa shape index (κ3) is 6.74. The van der Waals surface area contributed by atoms with Crippen molar-refractivity contribution < 1.29 is 17.9 Å². The van der Waals surface area contributed by atoms with Gasteiger partial charge in [-0.1, -0.05) is 31.6 Å². The molecular weight excluding hydrogens is 500 g/mol. The zero-order chi connectivity index (χ0) is 27.3. The summed E-state index contributed by atoms with van der Waals surface area (Å²) in [5, 5.41) is 0. The van der Waals surface area contributed by atoms with Crippen LogP contribution in [0.4, 0.5) is 5.82 Å². The number of aromatic nitrogens is 1. The number of hydrogen-bond acceptors (Lipinski definition) is 6. The molecule has 2 heterocycles. The van der Waals surface area contributed by atoms with Crippen LogP contribution in [0.3, 0.4) is 0 Å². The van der Waals surface area contributed by atoms with Crippen molar-refractivity contribution in [1.29, 1.82) is 0 Å². The number of benzene rings is 1. The largest absolute Gasteiger partial charge is 0.497 e. The Balaban J connectivity index is 1.35. The molecule has 1 saturated heterocycles. The van der Waals surface area contributed by atoms with Crippen LogP contribution in [-0.4, -0.2) is 64.0 Å². The fraction of sp³-hybridized carbons (Fsp3) is 0.517. The molecule has 1 fully saturated rings. The molecule has 4 rings (SSSR count). The predicted octanol–water partition coefficient (Wildman–Crippen LogP) is 3.96. The number of piperazine rings is 1. The summed E-state index contributed by atoms with van der Waals surface area (Å²) in [5.74, 6) is 2.69. The Kier molecular flexibility index (Phi) is 9.10. The fourth-order valence-electron chi connectivity index (χ4n) is 5.62. The first-order valence-electron chi connectivity index (χ1n) is 13.4. The van der Waals surface area contributed by atoms with Crippen LogP contribution >= 0.6 is 0 Å². The predicted molar refractivity (Wildman–Crippen MR) is 150 cm³/mol. The number of hydrogen-bond donors (Lipinski definition) is 1. The van der Waals surface area contributed by atoms with Crippen LogP contribution in [0.2, 0.25) is 0 Å². The third-order valence-corrected chi connectivity index (χ3v) is 9.43. The number of sulfonamides is 1. The molecule has 0 bridgehead atoms. The van der Waals surface area contributed by atoms with Gasteiger partial charge in [0.1, 0.15) is 11.6 Å². The van der Waals surface area contributed by atoms with E-state index in [9.17, 15) is 13.2 Å². The van der Waals surface area contributed by atoms with Crippen molar-refractivity contribution in [2.45, 2.75) is 38.5 Å². The Hall–Kier alpha value is -2.91. The van der Waals surface area contributed by atoms with Gasteiger partial charge in [0, 0.05) is 45.3 Å². The number of pyridine rings is 1. The topological polar surface area (TPSA) is 91.8 Å². The first kappa shape index (κ1) is 28.1. The SMILES string of the molecule is COc1ccc(S(=O)(=O)NCC2C=C(C)C(CC(=O)N3CCN(c4ccccn4)CC3)CC2C(C)C)cc1. The van der Waals surface area contributed by atoms with Gasteiger partial charge < -0.3 is 14.5 Å². The lowest BCUT2D eigenvalue weighted by atomic mass is 9.70. The van der Waals surface area contributed by atoms with Gasteiger partial charge in [-0.2, -0.15) is 0 Å². The van der Waals surface area contributed by atoms with E-state index < -0.39 is 10.0 Å². The van der Waals surface area contributed by atoms with Crippen molar-refractivity contribution >= 4 is 21.7 Å². The minimum atomic E-state index is -3.63. The lowest BCUT2D eigenvalue weighted by Gasteiger charge is -2.39. The first-order chi connectivity index (χ1) is 18.2. The number of allylic oxidation sites excluding steroid dienone is 1. The lowest BCUT2D eigenvalue weighted by Crippen LogP contribution is -2.49. The van der Waals surface area contributed by atoms with E-state index in [1.165, 1.54) is 5.57 Å². The molecule has 3 atom stereocenters. The molecular formula is C29H40N4O4S. The standard InChI is InChI=1S/C29H40N4O4S/c1-21(2)27-18-23(19-29(34)33-15-13-32(14-16-33)28-7-5-6-12-30-28)22(3)17-24(27)20-31-38(35,36)26-10-8-25(37-4)9-11-26/h5-12,17,21,23-24,27,31H,13-16,18-20H2,1-4H3. The monoisotopic (exact) mass is 540 g/mol. The molecule has 0 saturated carbocycles. The summed E-state index contributed by atoms with van der Waals surface area (Å²) in [7, 11) is -2.08. The maximum atomic E-state index is 13.2. The second kappa shape index (κ2) is 12.3. The molecule has 8 nitrogen and oxygen atoms in total. The highest BCUT2D eigenvalue weighted by atomic mass is 32.2. The molecule has 9 heteroatoms. The average Bonchev–Trinajstić information content (AvgIpc) is 2.93. The van der Waals surface area contributed by atoms with Gasteiger partial charge in [-0.3, -0.25) is 4.79 Å². The highest BCUT2D eigenvalue weighted by Gasteiger charge is 2.34. The normalized spacial score (nSPS) is 22.3. The van der Waals surface area contributed by atoms with Crippen LogP contribution in [0.25, 0.3) is 0 Å². The molecule has 1 aliphatic heterocycles. The van der Waals surface area contributed by atoms with Crippen molar-refractivity contribution in [1.82, 2.24) is 14.6 Å². The van der Waals surface area contributed by atoms with E-state index in [0.29, 0.717) is 37.7 Å². The molecule has 3 unspecified atom stereocenters. The van der Waals surface area contributed by atoms with Gasteiger partial charge in [0.2, 0.25) is 15.9 Å². The van der Waals surface area contributed by atoms with E-state index in [-0.39, 0.29) is 28.6 Å². The maximum Gasteiger partial charge on any atom is 0.240 e. The van der Waals surface area contributed by atoms with Gasteiger partial charge in [0.05, 0.1) is 12.0 Å². The van der Waals surface area contributed by atoms with E-state index in [4.69, 9.17) is 4.74 Å². The number of nitrogens with zero attached hydrogens (tertiary/aromatic N) is 3. The molecule has 0 radical (unpaired) electrons. The van der Waals surface area contributed by atoms with Crippen LogP contribution in [0.5, 0.6) is 5.75 Å². The third-order valence-electron chi connectivity index (χ3n) is 7.99. The van der Waals surface area contributed by atoms with Crippen LogP contribution in [0.15, 0.2) is 65.2 Å². The van der Waals surface area contributed by atoms with Gasteiger partial charge >= 0.3 is 0 Å². The zero-order valence-electron chi connectivity index (χ0n) is 22.8. The molecule has 1 aromatic carbocycles. The number of carbonyl (C=O) groups is 1. The Morgan fingerprint density at radius 1 is 1.11 bits per heavy atom. The van der Waals surface area contributed by atoms with Crippen molar-refractivity contribution in [3.8, 4) is 5.75 Å². The van der Waals surface area contributed by atoms with Gasteiger partial charge in [-0.05, 0) is 73.4 Å². The molecule has 2 aliphatic rings. The smallest absolute Gasteiger partial charge is 0.240 e. The zero-order valence-corrected chi connectivity index (χ0v) is 23.7. The fourth-order valence-corrected chi connectivity index (χ4v) is 6.69.